The summed E-state index contributed by atoms with van der Waals surface area (Å²) < 4.78 is 0. The van der Waals surface area contributed by atoms with Crippen LogP contribution in [0, 0.1) is 10.1 Å². The molecule has 0 atom stereocenters. The number of rotatable bonds is 5. The second-order valence-corrected chi connectivity index (χ2v) is 4.02. The summed E-state index contributed by atoms with van der Waals surface area (Å²) in [5, 5.41) is 13.9. The number of anilines is 1. The fourth-order valence-electron chi connectivity index (χ4n) is 1.67. The molecule has 3 N–H and O–H groups in total. The highest BCUT2D eigenvalue weighted by Gasteiger charge is 2.12. The predicted molar refractivity (Wildman–Crippen MR) is 72.6 cm³/mol. The van der Waals surface area contributed by atoms with E-state index in [1.54, 1.807) is 6.07 Å². The zero-order chi connectivity index (χ0) is 13.7. The van der Waals surface area contributed by atoms with Crippen LogP contribution in [0.4, 0.5) is 11.4 Å². The second-order valence-electron chi connectivity index (χ2n) is 4.02. The Bertz CT molecular complexity index is 569. The number of benzene rings is 1. The monoisotopic (exact) mass is 258 g/mol. The first-order valence-corrected chi connectivity index (χ1v) is 5.81. The first-order valence-electron chi connectivity index (χ1n) is 5.81. The van der Waals surface area contributed by atoms with Gasteiger partial charge in [-0.05, 0) is 17.2 Å². The molecule has 0 unspecified atom stereocenters. The molecule has 0 aliphatic rings. The number of hydrogen-bond acceptors (Lipinski definition) is 5. The zero-order valence-electron chi connectivity index (χ0n) is 10.2. The van der Waals surface area contributed by atoms with Gasteiger partial charge in [0.25, 0.3) is 0 Å². The third kappa shape index (κ3) is 3.26. The van der Waals surface area contributed by atoms with E-state index in [0.29, 0.717) is 18.8 Å². The molecule has 98 valence electrons. The number of nitrogens with one attached hydrogen (secondary N) is 1. The highest BCUT2D eigenvalue weighted by molar-refractivity contribution is 5.59. The third-order valence-corrected chi connectivity index (χ3v) is 2.74. The maximum Gasteiger partial charge on any atom is 0.310 e. The van der Waals surface area contributed by atoms with Gasteiger partial charge in [0.1, 0.15) is 11.9 Å². The smallest absolute Gasteiger partial charge is 0.310 e. The van der Waals surface area contributed by atoms with Crippen molar-refractivity contribution < 1.29 is 4.92 Å². The van der Waals surface area contributed by atoms with Crippen LogP contribution in [0.25, 0.3) is 0 Å². The Labute approximate surface area is 110 Å². The van der Waals surface area contributed by atoms with Gasteiger partial charge in [-0.1, -0.05) is 24.3 Å². The van der Waals surface area contributed by atoms with E-state index in [2.05, 4.69) is 10.3 Å². The average Bonchev–Trinajstić information content (AvgIpc) is 2.46. The molecule has 0 bridgehead atoms. The van der Waals surface area contributed by atoms with Crippen LogP contribution in [0.3, 0.4) is 0 Å². The molecule has 0 saturated heterocycles. The fraction of sp³-hybridized carbons (Fsp3) is 0.154. The van der Waals surface area contributed by atoms with Gasteiger partial charge in [-0.25, -0.2) is 0 Å². The van der Waals surface area contributed by atoms with Gasteiger partial charge < -0.3 is 11.1 Å². The van der Waals surface area contributed by atoms with Gasteiger partial charge in [0.15, 0.2) is 0 Å². The fourth-order valence-corrected chi connectivity index (χ4v) is 1.67. The molecule has 6 heteroatoms. The molecule has 2 aromatic rings. The van der Waals surface area contributed by atoms with Crippen molar-refractivity contribution >= 4 is 11.4 Å². The van der Waals surface area contributed by atoms with Gasteiger partial charge in [-0.15, -0.1) is 0 Å². The summed E-state index contributed by atoms with van der Waals surface area (Å²) in [7, 11) is 0. The van der Waals surface area contributed by atoms with Gasteiger partial charge in [0.05, 0.1) is 4.92 Å². The lowest BCUT2D eigenvalue weighted by molar-refractivity contribution is -0.384. The number of nitrogens with two attached hydrogens (primary N) is 1. The second kappa shape index (κ2) is 5.92. The Morgan fingerprint density at radius 3 is 2.53 bits per heavy atom. The molecule has 0 spiro atoms. The van der Waals surface area contributed by atoms with Crippen LogP contribution in [0.5, 0.6) is 0 Å². The molecule has 0 aliphatic carbocycles. The van der Waals surface area contributed by atoms with E-state index >= 15 is 0 Å². The van der Waals surface area contributed by atoms with Crippen LogP contribution in [-0.4, -0.2) is 9.91 Å². The van der Waals surface area contributed by atoms with E-state index in [-0.39, 0.29) is 5.69 Å². The Balaban J connectivity index is 2.07. The summed E-state index contributed by atoms with van der Waals surface area (Å²) in [4.78, 5) is 14.1. The first kappa shape index (κ1) is 13.0. The van der Waals surface area contributed by atoms with Gasteiger partial charge in [0.2, 0.25) is 0 Å². The topological polar surface area (TPSA) is 94.1 Å². The van der Waals surface area contributed by atoms with E-state index in [4.69, 9.17) is 5.73 Å². The van der Waals surface area contributed by atoms with E-state index in [9.17, 15) is 10.1 Å². The highest BCUT2D eigenvalue weighted by atomic mass is 16.6. The normalized spacial score (nSPS) is 10.2. The lowest BCUT2D eigenvalue weighted by Gasteiger charge is -2.07. The van der Waals surface area contributed by atoms with Gasteiger partial charge >= 0.3 is 5.69 Å². The quantitative estimate of drug-likeness (QED) is 0.632. The summed E-state index contributed by atoms with van der Waals surface area (Å²) in [5.41, 5.74) is 8.04. The Morgan fingerprint density at radius 2 is 1.89 bits per heavy atom. The van der Waals surface area contributed by atoms with Crippen LogP contribution in [-0.2, 0) is 13.1 Å². The molecule has 1 aromatic carbocycles. The molecule has 0 fully saturated rings. The van der Waals surface area contributed by atoms with Crippen molar-refractivity contribution in [2.45, 2.75) is 13.1 Å². The molecule has 1 aromatic heterocycles. The summed E-state index contributed by atoms with van der Waals surface area (Å²) >= 11 is 0. The number of pyridine rings is 1. The Kier molecular flexibility index (Phi) is 4.04. The average molecular weight is 258 g/mol. The number of nitrogens with zero attached hydrogens (tertiary/aromatic N) is 2. The van der Waals surface area contributed by atoms with E-state index in [0.717, 1.165) is 11.1 Å². The van der Waals surface area contributed by atoms with Crippen molar-refractivity contribution in [3.05, 3.63) is 64.0 Å². The lowest BCUT2D eigenvalue weighted by atomic mass is 10.1. The Hall–Kier alpha value is -2.47. The first-order chi connectivity index (χ1) is 9.20. The summed E-state index contributed by atoms with van der Waals surface area (Å²) in [5.74, 6) is 0. The Morgan fingerprint density at radius 1 is 1.21 bits per heavy atom. The molecule has 1 heterocycles. The van der Waals surface area contributed by atoms with Crippen LogP contribution < -0.4 is 11.1 Å². The molecular weight excluding hydrogens is 244 g/mol. The summed E-state index contributed by atoms with van der Waals surface area (Å²) in [6.45, 7) is 1.01. The highest BCUT2D eigenvalue weighted by Crippen LogP contribution is 2.22. The summed E-state index contributed by atoms with van der Waals surface area (Å²) in [6.07, 6.45) is 2.76. The van der Waals surface area contributed by atoms with Gasteiger partial charge in [-0.2, -0.15) is 0 Å². The minimum Gasteiger partial charge on any atom is -0.375 e. The molecule has 19 heavy (non-hydrogen) atoms. The van der Waals surface area contributed by atoms with Crippen LogP contribution in [0.1, 0.15) is 11.1 Å². The minimum absolute atomic E-state index is 0.0268. The van der Waals surface area contributed by atoms with Gasteiger partial charge in [-0.3, -0.25) is 15.1 Å². The van der Waals surface area contributed by atoms with E-state index < -0.39 is 4.92 Å². The van der Waals surface area contributed by atoms with Gasteiger partial charge in [0, 0.05) is 19.3 Å². The SMILES string of the molecule is NCc1ccc(CNc2ccncc2[N+](=O)[O-])cc1. The molecule has 0 radical (unpaired) electrons. The molecule has 2 rings (SSSR count). The molecular formula is C13H14N4O2. The largest absolute Gasteiger partial charge is 0.375 e. The third-order valence-electron chi connectivity index (χ3n) is 2.74. The number of nitro groups is 1. The van der Waals surface area contributed by atoms with Crippen LogP contribution in [0.2, 0.25) is 0 Å². The van der Waals surface area contributed by atoms with Crippen molar-refractivity contribution in [1.29, 1.82) is 0 Å². The molecule has 0 aliphatic heterocycles. The van der Waals surface area contributed by atoms with Crippen LogP contribution >= 0.6 is 0 Å². The lowest BCUT2D eigenvalue weighted by Crippen LogP contribution is -2.03. The van der Waals surface area contributed by atoms with Crippen molar-refractivity contribution in [1.82, 2.24) is 4.98 Å². The summed E-state index contributed by atoms with van der Waals surface area (Å²) in [6, 6.07) is 9.37. The zero-order valence-corrected chi connectivity index (χ0v) is 10.2. The maximum atomic E-state index is 10.8. The number of aromatic nitrogens is 1. The van der Waals surface area contributed by atoms with Crippen molar-refractivity contribution in [2.24, 2.45) is 5.73 Å². The van der Waals surface area contributed by atoms with Crippen LogP contribution in [0.15, 0.2) is 42.7 Å². The predicted octanol–water partition coefficient (Wildman–Crippen LogP) is 2.06. The van der Waals surface area contributed by atoms with E-state index in [1.807, 2.05) is 24.3 Å². The van der Waals surface area contributed by atoms with Crippen molar-refractivity contribution in [3.63, 3.8) is 0 Å². The molecule has 6 nitrogen and oxygen atoms in total. The minimum atomic E-state index is -0.452. The standard InChI is InChI=1S/C13H14N4O2/c14-7-10-1-3-11(4-2-10)8-16-12-5-6-15-9-13(12)17(18)19/h1-6,9H,7-8,14H2,(H,15,16). The molecule has 0 amide bonds. The van der Waals surface area contributed by atoms with E-state index in [1.165, 1.54) is 12.4 Å². The molecule has 0 saturated carbocycles. The van der Waals surface area contributed by atoms with Crippen molar-refractivity contribution in [3.8, 4) is 0 Å². The maximum absolute atomic E-state index is 10.8. The number of hydrogen-bond donors (Lipinski definition) is 2. The van der Waals surface area contributed by atoms with Crippen molar-refractivity contribution in [2.75, 3.05) is 5.32 Å².